The molecule has 1 heterocycles. The minimum atomic E-state index is -3.92. The van der Waals surface area contributed by atoms with Crippen LogP contribution in [0.4, 0.5) is 5.82 Å². The van der Waals surface area contributed by atoms with Crippen LogP contribution in [0.15, 0.2) is 59.5 Å². The van der Waals surface area contributed by atoms with Crippen molar-refractivity contribution in [1.29, 1.82) is 0 Å². The predicted molar refractivity (Wildman–Crippen MR) is 91.1 cm³/mol. The van der Waals surface area contributed by atoms with Crippen LogP contribution in [0.1, 0.15) is 0 Å². The van der Waals surface area contributed by atoms with Gasteiger partial charge in [0.05, 0.1) is 4.90 Å². The number of aromatic nitrogens is 2. The van der Waals surface area contributed by atoms with E-state index in [0.29, 0.717) is 10.6 Å². The van der Waals surface area contributed by atoms with E-state index < -0.39 is 10.0 Å². The lowest BCUT2D eigenvalue weighted by molar-refractivity contribution is 0.581. The Morgan fingerprint density at radius 2 is 1.57 bits per heavy atom. The molecule has 2 N–H and O–H groups in total. The summed E-state index contributed by atoms with van der Waals surface area (Å²) in [4.78, 5) is 0.0773. The van der Waals surface area contributed by atoms with Crippen molar-refractivity contribution < 1.29 is 8.42 Å². The Bertz CT molecular complexity index is 952. The zero-order valence-corrected chi connectivity index (χ0v) is 14.0. The van der Waals surface area contributed by atoms with Crippen LogP contribution in [-0.4, -0.2) is 17.6 Å². The number of benzene rings is 2. The summed E-state index contributed by atoms with van der Waals surface area (Å²) in [5.41, 5.74) is 6.75. The minimum absolute atomic E-state index is 0.0758. The standard InChI is InChI=1S/C15H11Cl2N3O2S/c16-11-8-6-10(7-9-11)14-13(17)15(18)20(19-14)23(21,22)12-4-2-1-3-5-12/h1-9H,18H2. The first-order valence-electron chi connectivity index (χ1n) is 6.52. The third-order valence-corrected chi connectivity index (χ3v) is 5.44. The fourth-order valence-electron chi connectivity index (χ4n) is 2.06. The maximum Gasteiger partial charge on any atom is 0.284 e. The summed E-state index contributed by atoms with van der Waals surface area (Å²) in [5.74, 6) is -0.138. The number of nitrogen functional groups attached to an aromatic ring is 1. The Hall–Kier alpha value is -2.02. The van der Waals surface area contributed by atoms with E-state index in [4.69, 9.17) is 28.9 Å². The van der Waals surface area contributed by atoms with Gasteiger partial charge in [-0.15, -0.1) is 4.09 Å². The number of rotatable bonds is 3. The van der Waals surface area contributed by atoms with Crippen molar-refractivity contribution in [3.05, 3.63) is 64.6 Å². The van der Waals surface area contributed by atoms with Crippen molar-refractivity contribution >= 4 is 39.0 Å². The molecule has 118 valence electrons. The van der Waals surface area contributed by atoms with Crippen LogP contribution < -0.4 is 5.73 Å². The van der Waals surface area contributed by atoms with Gasteiger partial charge in [-0.3, -0.25) is 0 Å². The van der Waals surface area contributed by atoms with Gasteiger partial charge >= 0.3 is 0 Å². The van der Waals surface area contributed by atoms with Crippen LogP contribution >= 0.6 is 23.2 Å². The third-order valence-electron chi connectivity index (χ3n) is 3.22. The largest absolute Gasteiger partial charge is 0.382 e. The van der Waals surface area contributed by atoms with Crippen molar-refractivity contribution in [3.63, 3.8) is 0 Å². The Morgan fingerprint density at radius 3 is 2.17 bits per heavy atom. The minimum Gasteiger partial charge on any atom is -0.382 e. The first-order valence-corrected chi connectivity index (χ1v) is 8.71. The summed E-state index contributed by atoms with van der Waals surface area (Å²) in [6.45, 7) is 0. The molecule has 0 bridgehead atoms. The quantitative estimate of drug-likeness (QED) is 0.765. The smallest absolute Gasteiger partial charge is 0.284 e. The first-order chi connectivity index (χ1) is 10.9. The average Bonchev–Trinajstić information content (AvgIpc) is 2.86. The van der Waals surface area contributed by atoms with Crippen molar-refractivity contribution in [2.45, 2.75) is 4.90 Å². The lowest BCUT2D eigenvalue weighted by Gasteiger charge is -2.05. The number of nitrogens with zero attached hydrogens (tertiary/aromatic N) is 2. The van der Waals surface area contributed by atoms with Gasteiger partial charge in [0.2, 0.25) is 0 Å². The van der Waals surface area contributed by atoms with Gasteiger partial charge in [0.1, 0.15) is 10.7 Å². The SMILES string of the molecule is Nc1c(Cl)c(-c2ccc(Cl)cc2)nn1S(=O)(=O)c1ccccc1. The van der Waals surface area contributed by atoms with Gasteiger partial charge in [0, 0.05) is 10.6 Å². The molecule has 0 aliphatic heterocycles. The molecule has 5 nitrogen and oxygen atoms in total. The highest BCUT2D eigenvalue weighted by Crippen LogP contribution is 2.34. The number of anilines is 1. The van der Waals surface area contributed by atoms with Gasteiger partial charge in [-0.2, -0.15) is 13.5 Å². The van der Waals surface area contributed by atoms with Gasteiger partial charge in [-0.05, 0) is 24.3 Å². The average molecular weight is 368 g/mol. The van der Waals surface area contributed by atoms with Crippen molar-refractivity contribution in [2.24, 2.45) is 0 Å². The molecule has 3 rings (SSSR count). The van der Waals surface area contributed by atoms with Gasteiger partial charge in [0.25, 0.3) is 10.0 Å². The molecule has 0 aliphatic carbocycles. The van der Waals surface area contributed by atoms with E-state index in [0.717, 1.165) is 4.09 Å². The molecule has 0 saturated carbocycles. The monoisotopic (exact) mass is 367 g/mol. The number of hydrogen-bond donors (Lipinski definition) is 1. The van der Waals surface area contributed by atoms with E-state index in [-0.39, 0.29) is 21.4 Å². The Morgan fingerprint density at radius 1 is 0.957 bits per heavy atom. The van der Waals surface area contributed by atoms with E-state index >= 15 is 0 Å². The highest BCUT2D eigenvalue weighted by molar-refractivity contribution is 7.90. The van der Waals surface area contributed by atoms with Crippen molar-refractivity contribution in [2.75, 3.05) is 5.73 Å². The number of hydrogen-bond acceptors (Lipinski definition) is 4. The molecular formula is C15H11Cl2N3O2S. The second-order valence-electron chi connectivity index (χ2n) is 4.72. The van der Waals surface area contributed by atoms with Crippen LogP contribution in [-0.2, 0) is 10.0 Å². The molecule has 8 heteroatoms. The molecule has 0 aliphatic rings. The zero-order valence-electron chi connectivity index (χ0n) is 11.6. The highest BCUT2D eigenvalue weighted by Gasteiger charge is 2.25. The maximum atomic E-state index is 12.6. The van der Waals surface area contributed by atoms with Crippen LogP contribution in [0.25, 0.3) is 11.3 Å². The first kappa shape index (κ1) is 15.9. The summed E-state index contributed by atoms with van der Waals surface area (Å²) >= 11 is 12.0. The van der Waals surface area contributed by atoms with E-state index in [1.807, 2.05) is 0 Å². The van der Waals surface area contributed by atoms with Crippen LogP contribution in [0.5, 0.6) is 0 Å². The molecule has 0 saturated heterocycles. The molecule has 3 aromatic rings. The molecule has 1 aromatic heterocycles. The second-order valence-corrected chi connectivity index (χ2v) is 7.30. The molecule has 0 fully saturated rings. The molecule has 0 amide bonds. The van der Waals surface area contributed by atoms with Crippen LogP contribution in [0.3, 0.4) is 0 Å². The van der Waals surface area contributed by atoms with Crippen molar-refractivity contribution in [1.82, 2.24) is 9.19 Å². The fourth-order valence-corrected chi connectivity index (χ4v) is 3.70. The molecular weight excluding hydrogens is 357 g/mol. The topological polar surface area (TPSA) is 78.0 Å². The molecule has 0 unspecified atom stereocenters. The Balaban J connectivity index is 2.16. The summed E-state index contributed by atoms with van der Waals surface area (Å²) in [6, 6.07) is 14.6. The van der Waals surface area contributed by atoms with Gasteiger partial charge < -0.3 is 5.73 Å². The van der Waals surface area contributed by atoms with Gasteiger partial charge in [-0.1, -0.05) is 53.5 Å². The maximum absolute atomic E-state index is 12.6. The lowest BCUT2D eigenvalue weighted by atomic mass is 10.1. The van der Waals surface area contributed by atoms with E-state index in [2.05, 4.69) is 5.10 Å². The number of halogens is 2. The normalized spacial score (nSPS) is 11.6. The molecule has 2 aromatic carbocycles. The number of nitrogens with two attached hydrogens (primary N) is 1. The van der Waals surface area contributed by atoms with Gasteiger partial charge in [-0.25, -0.2) is 0 Å². The highest BCUT2D eigenvalue weighted by atomic mass is 35.5. The van der Waals surface area contributed by atoms with Crippen molar-refractivity contribution in [3.8, 4) is 11.3 Å². The van der Waals surface area contributed by atoms with E-state index in [1.165, 1.54) is 12.1 Å². The Labute approximate surface area is 143 Å². The fraction of sp³-hybridized carbons (Fsp3) is 0. The van der Waals surface area contributed by atoms with E-state index in [1.54, 1.807) is 42.5 Å². The zero-order chi connectivity index (χ0) is 16.6. The second kappa shape index (κ2) is 5.88. The van der Waals surface area contributed by atoms with Crippen LogP contribution in [0.2, 0.25) is 10.0 Å². The Kier molecular flexibility index (Phi) is 4.06. The van der Waals surface area contributed by atoms with E-state index in [9.17, 15) is 8.42 Å². The van der Waals surface area contributed by atoms with Gasteiger partial charge in [0.15, 0.2) is 5.82 Å². The predicted octanol–water partition coefficient (Wildman–Crippen LogP) is 3.68. The molecule has 23 heavy (non-hydrogen) atoms. The summed E-state index contributed by atoms with van der Waals surface area (Å²) in [7, 11) is -3.92. The molecule has 0 radical (unpaired) electrons. The summed E-state index contributed by atoms with van der Waals surface area (Å²) in [6.07, 6.45) is 0. The molecule has 0 spiro atoms. The lowest BCUT2D eigenvalue weighted by Crippen LogP contribution is -2.16. The summed E-state index contributed by atoms with van der Waals surface area (Å²) < 4.78 is 26.0. The molecule has 0 atom stereocenters. The third kappa shape index (κ3) is 2.81. The van der Waals surface area contributed by atoms with Crippen LogP contribution in [0, 0.1) is 0 Å². The summed E-state index contributed by atoms with van der Waals surface area (Å²) in [5, 5.41) is 4.71.